The molecule has 4 rings (SSSR count). The summed E-state index contributed by atoms with van der Waals surface area (Å²) < 4.78 is 15.6. The van der Waals surface area contributed by atoms with E-state index in [1.165, 1.54) is 19.2 Å². The maximum Gasteiger partial charge on any atom is 0.237 e. The van der Waals surface area contributed by atoms with E-state index in [4.69, 9.17) is 28.7 Å². The molecule has 8 nitrogen and oxygen atoms in total. The molecule has 0 atom stereocenters. The number of aromatic nitrogens is 1. The highest BCUT2D eigenvalue weighted by molar-refractivity contribution is 7.80. The lowest BCUT2D eigenvalue weighted by Gasteiger charge is -2.36. The van der Waals surface area contributed by atoms with Crippen molar-refractivity contribution in [2.75, 3.05) is 38.2 Å². The lowest BCUT2D eigenvalue weighted by Crippen LogP contribution is -2.46. The summed E-state index contributed by atoms with van der Waals surface area (Å²) in [7, 11) is 1.40. The van der Waals surface area contributed by atoms with Crippen molar-refractivity contribution in [2.45, 2.75) is 6.67 Å². The van der Waals surface area contributed by atoms with Gasteiger partial charge in [0, 0.05) is 42.3 Å². The van der Waals surface area contributed by atoms with E-state index in [0.29, 0.717) is 22.6 Å². The van der Waals surface area contributed by atoms with Crippen LogP contribution in [-0.4, -0.2) is 53.0 Å². The van der Waals surface area contributed by atoms with Crippen molar-refractivity contribution in [3.63, 3.8) is 0 Å². The first kappa shape index (κ1) is 22.4. The van der Waals surface area contributed by atoms with Gasteiger partial charge >= 0.3 is 0 Å². The molecular weight excluding hydrogens is 455 g/mol. The lowest BCUT2D eigenvalue weighted by atomic mass is 10.2. The van der Waals surface area contributed by atoms with Crippen LogP contribution in [0.25, 0.3) is 10.9 Å². The van der Waals surface area contributed by atoms with Crippen LogP contribution in [0.3, 0.4) is 0 Å². The Labute approximate surface area is 194 Å². The van der Waals surface area contributed by atoms with Gasteiger partial charge in [0.05, 0.1) is 19.3 Å². The minimum Gasteiger partial charge on any atom is -0.493 e. The second-order valence-corrected chi connectivity index (χ2v) is 8.12. The zero-order valence-corrected chi connectivity index (χ0v) is 18.9. The number of hydrogen-bond acceptors (Lipinski definition) is 6. The summed E-state index contributed by atoms with van der Waals surface area (Å²) in [6.45, 7) is 3.68. The molecule has 32 heavy (non-hydrogen) atoms. The van der Waals surface area contributed by atoms with E-state index in [-0.39, 0.29) is 16.7 Å². The number of azo groups is 1. The first-order chi connectivity index (χ1) is 15.5. The number of aromatic hydroxyl groups is 1. The molecule has 0 aliphatic carbocycles. The van der Waals surface area contributed by atoms with Crippen molar-refractivity contribution >= 4 is 51.2 Å². The molecule has 0 saturated carbocycles. The van der Waals surface area contributed by atoms with Crippen molar-refractivity contribution in [1.82, 2.24) is 14.9 Å². The van der Waals surface area contributed by atoms with Crippen LogP contribution >= 0.6 is 23.8 Å². The number of nitrogens with one attached hydrogen (secondary N) is 1. The van der Waals surface area contributed by atoms with Gasteiger partial charge in [0.15, 0.2) is 5.69 Å². The van der Waals surface area contributed by atoms with Crippen LogP contribution in [-0.2, 0) is 11.5 Å². The van der Waals surface area contributed by atoms with E-state index in [1.54, 1.807) is 10.6 Å². The summed E-state index contributed by atoms with van der Waals surface area (Å²) in [4.78, 5) is 9.20. The quantitative estimate of drug-likeness (QED) is 0.322. The molecule has 0 unspecified atom stereocenters. The van der Waals surface area contributed by atoms with Crippen molar-refractivity contribution < 1.29 is 14.3 Å². The summed E-state index contributed by atoms with van der Waals surface area (Å²) in [6, 6.07) is 12.1. The number of anilines is 1. The molecule has 1 aliphatic heterocycles. The van der Waals surface area contributed by atoms with Crippen molar-refractivity contribution in [3.8, 4) is 5.88 Å². The molecule has 1 fully saturated rings. The molecule has 1 saturated heterocycles. The first-order valence-electron chi connectivity index (χ1n) is 9.94. The maximum atomic E-state index is 13.9. The van der Waals surface area contributed by atoms with Crippen LogP contribution in [0.5, 0.6) is 5.88 Å². The molecule has 3 aromatic rings. The highest BCUT2D eigenvalue weighted by Gasteiger charge is 2.22. The topological polar surface area (TPSA) is 77.6 Å². The van der Waals surface area contributed by atoms with Gasteiger partial charge in [-0.15, -0.1) is 10.2 Å². The molecule has 1 aromatic heterocycles. The van der Waals surface area contributed by atoms with Crippen molar-refractivity contribution in [1.29, 1.82) is 0 Å². The molecule has 168 valence electrons. The first-order valence-corrected chi connectivity index (χ1v) is 10.7. The highest BCUT2D eigenvalue weighted by Crippen LogP contribution is 2.39. The number of thiocarbonyl (C=S) groups is 1. The fourth-order valence-corrected chi connectivity index (χ4v) is 3.99. The summed E-state index contributed by atoms with van der Waals surface area (Å²) in [5, 5.41) is 19.9. The predicted molar refractivity (Wildman–Crippen MR) is 126 cm³/mol. The van der Waals surface area contributed by atoms with Gasteiger partial charge in [-0.25, -0.2) is 9.87 Å². The summed E-state index contributed by atoms with van der Waals surface area (Å²) in [5.41, 5.74) is 4.31. The van der Waals surface area contributed by atoms with Crippen LogP contribution < -0.4 is 10.4 Å². The van der Waals surface area contributed by atoms with Gasteiger partial charge in [-0.3, -0.25) is 14.3 Å². The number of piperazine rings is 1. The number of rotatable bonds is 5. The zero-order valence-electron chi connectivity index (χ0n) is 17.3. The molecule has 2 N–H and O–H groups in total. The lowest BCUT2D eigenvalue weighted by molar-refractivity contribution is 0.145. The molecule has 1 aliphatic rings. The summed E-state index contributed by atoms with van der Waals surface area (Å²) >= 11 is 10.9. The Kier molecular flexibility index (Phi) is 6.85. The summed E-state index contributed by atoms with van der Waals surface area (Å²) in [5.74, 6) is -0.532. The van der Waals surface area contributed by atoms with Crippen LogP contribution in [0.1, 0.15) is 0 Å². The zero-order chi connectivity index (χ0) is 22.7. The fourth-order valence-electron chi connectivity index (χ4n) is 3.74. The molecular formula is C21H22ClFN6O2S. The minimum atomic E-state index is -0.430. The Balaban J connectivity index is 1.54. The standard InChI is InChI=1S/C21H22ClFN6O2S/c1-31-26-21(32)25-24-19-17-12-15(23)4-7-18(17)29(20(19)30)13-27-8-10-28(11-9-27)16-5-2-14(22)3-6-16/h2-7,12,30H,8-11,13H2,1H3,(H,26,32). The Morgan fingerprint density at radius 3 is 2.59 bits per heavy atom. The number of hydroxylamine groups is 1. The molecule has 2 heterocycles. The van der Waals surface area contributed by atoms with Crippen LogP contribution in [0, 0.1) is 5.82 Å². The van der Waals surface area contributed by atoms with E-state index in [1.807, 2.05) is 24.3 Å². The van der Waals surface area contributed by atoms with Gasteiger partial charge in [0.25, 0.3) is 0 Å². The smallest absolute Gasteiger partial charge is 0.237 e. The van der Waals surface area contributed by atoms with Crippen LogP contribution in [0.15, 0.2) is 52.7 Å². The van der Waals surface area contributed by atoms with Crippen LogP contribution in [0.4, 0.5) is 15.8 Å². The normalized spacial score (nSPS) is 15.0. The largest absolute Gasteiger partial charge is 0.493 e. The number of fused-ring (bicyclic) bond motifs is 1. The van der Waals surface area contributed by atoms with Crippen molar-refractivity contribution in [3.05, 3.63) is 53.3 Å². The third kappa shape index (κ3) is 4.83. The van der Waals surface area contributed by atoms with Gasteiger partial charge in [0.1, 0.15) is 5.82 Å². The molecule has 0 bridgehead atoms. The van der Waals surface area contributed by atoms with Crippen LogP contribution in [0.2, 0.25) is 5.02 Å². The van der Waals surface area contributed by atoms with E-state index >= 15 is 0 Å². The molecule has 0 radical (unpaired) electrons. The van der Waals surface area contributed by atoms with Crippen molar-refractivity contribution in [2.24, 2.45) is 10.2 Å². The second kappa shape index (κ2) is 9.78. The fraction of sp³-hybridized carbons (Fsp3) is 0.286. The number of hydrogen-bond donors (Lipinski definition) is 2. The average Bonchev–Trinajstić information content (AvgIpc) is 3.04. The SMILES string of the molecule is CONC(=S)N=Nc1c(O)n(CN2CCN(c3ccc(Cl)cc3)CC2)c2ccc(F)cc12. The third-order valence-corrected chi connectivity index (χ3v) is 5.72. The number of halogens is 2. The second-order valence-electron chi connectivity index (χ2n) is 7.30. The van der Waals surface area contributed by atoms with Gasteiger partial charge < -0.3 is 10.0 Å². The monoisotopic (exact) mass is 476 g/mol. The summed E-state index contributed by atoms with van der Waals surface area (Å²) in [6.07, 6.45) is 0. The van der Waals surface area contributed by atoms with E-state index in [0.717, 1.165) is 31.9 Å². The van der Waals surface area contributed by atoms with Gasteiger partial charge in [-0.05, 0) is 54.7 Å². The average molecular weight is 477 g/mol. The number of nitrogens with zero attached hydrogens (tertiary/aromatic N) is 5. The maximum absolute atomic E-state index is 13.9. The molecule has 11 heteroatoms. The highest BCUT2D eigenvalue weighted by atomic mass is 35.5. The Bertz CT molecular complexity index is 1150. The van der Waals surface area contributed by atoms with Gasteiger partial charge in [-0.1, -0.05) is 11.6 Å². The number of benzene rings is 2. The Hall–Kier alpha value is -2.79. The minimum absolute atomic E-state index is 0.0116. The van der Waals surface area contributed by atoms with E-state index < -0.39 is 5.82 Å². The van der Waals surface area contributed by atoms with E-state index in [2.05, 4.69) is 25.5 Å². The Morgan fingerprint density at radius 2 is 1.91 bits per heavy atom. The molecule has 2 aromatic carbocycles. The Morgan fingerprint density at radius 1 is 1.19 bits per heavy atom. The van der Waals surface area contributed by atoms with Gasteiger partial charge in [0.2, 0.25) is 11.0 Å². The molecule has 0 spiro atoms. The van der Waals surface area contributed by atoms with Gasteiger partial charge in [-0.2, -0.15) is 0 Å². The molecule has 0 amide bonds. The predicted octanol–water partition coefficient (Wildman–Crippen LogP) is 4.44. The third-order valence-electron chi connectivity index (χ3n) is 5.31. The van der Waals surface area contributed by atoms with E-state index in [9.17, 15) is 9.50 Å².